The fraction of sp³-hybridized carbons (Fsp3) is 0.786. The number of thiazole rings is 1. The number of hydroxylamine groups is 1. The molecule has 1 aromatic rings. The summed E-state index contributed by atoms with van der Waals surface area (Å²) in [4.78, 5) is 11.4. The zero-order valence-electron chi connectivity index (χ0n) is 12.6. The largest absolute Gasteiger partial charge is 0.301 e. The smallest absolute Gasteiger partial charge is 0.0985 e. The Morgan fingerprint density at radius 2 is 1.89 bits per heavy atom. The van der Waals surface area contributed by atoms with Gasteiger partial charge in [-0.3, -0.25) is 0 Å². The molecular formula is C14H26N2OS. The predicted molar refractivity (Wildman–Crippen MR) is 77.9 cm³/mol. The summed E-state index contributed by atoms with van der Waals surface area (Å²) in [5, 5.41) is 1.19. The third-order valence-corrected chi connectivity index (χ3v) is 4.31. The van der Waals surface area contributed by atoms with Gasteiger partial charge in [0.1, 0.15) is 0 Å². The predicted octanol–water partition coefficient (Wildman–Crippen LogP) is 3.99. The highest BCUT2D eigenvalue weighted by Crippen LogP contribution is 2.32. The molecule has 1 unspecified atom stereocenters. The van der Waals surface area contributed by atoms with Crippen LogP contribution in [-0.4, -0.2) is 11.6 Å². The summed E-state index contributed by atoms with van der Waals surface area (Å²) < 4.78 is 0. The maximum Gasteiger partial charge on any atom is 0.0985 e. The summed E-state index contributed by atoms with van der Waals surface area (Å²) in [6, 6.07) is 0.192. The van der Waals surface area contributed by atoms with Gasteiger partial charge in [0.2, 0.25) is 0 Å². The van der Waals surface area contributed by atoms with Gasteiger partial charge in [0, 0.05) is 10.3 Å². The van der Waals surface area contributed by atoms with Crippen LogP contribution in [0.4, 0.5) is 0 Å². The van der Waals surface area contributed by atoms with E-state index in [-0.39, 0.29) is 11.5 Å². The van der Waals surface area contributed by atoms with E-state index in [9.17, 15) is 0 Å². The van der Waals surface area contributed by atoms with E-state index in [2.05, 4.69) is 58.9 Å². The Hall–Kier alpha value is -0.450. The molecule has 18 heavy (non-hydrogen) atoms. The van der Waals surface area contributed by atoms with Crippen LogP contribution in [0, 0.1) is 12.8 Å². The Labute approximate surface area is 115 Å². The van der Waals surface area contributed by atoms with Crippen molar-refractivity contribution in [1.82, 2.24) is 10.5 Å². The third kappa shape index (κ3) is 4.34. The van der Waals surface area contributed by atoms with E-state index in [1.807, 2.05) is 0 Å². The fourth-order valence-corrected chi connectivity index (χ4v) is 2.64. The lowest BCUT2D eigenvalue weighted by molar-refractivity contribution is 0.00463. The lowest BCUT2D eigenvalue weighted by Gasteiger charge is -2.15. The average molecular weight is 270 g/mol. The zero-order chi connectivity index (χ0) is 13.9. The van der Waals surface area contributed by atoms with Gasteiger partial charge in [-0.2, -0.15) is 5.48 Å². The maximum absolute atomic E-state index is 5.49. The molecule has 1 atom stereocenters. The quantitative estimate of drug-likeness (QED) is 0.822. The van der Waals surface area contributed by atoms with Crippen LogP contribution in [0.25, 0.3) is 0 Å². The SMILES string of the molecule is Cc1nc(C(C)(C)C)sc1C(C)NOCC(C)C. The van der Waals surface area contributed by atoms with Gasteiger partial charge in [0.05, 0.1) is 23.4 Å². The molecule has 1 rings (SSSR count). The highest BCUT2D eigenvalue weighted by Gasteiger charge is 2.22. The van der Waals surface area contributed by atoms with E-state index in [4.69, 9.17) is 4.84 Å². The first-order chi connectivity index (χ1) is 8.21. The van der Waals surface area contributed by atoms with E-state index in [1.165, 1.54) is 9.88 Å². The zero-order valence-corrected chi connectivity index (χ0v) is 13.4. The molecule has 0 aliphatic rings. The summed E-state index contributed by atoms with van der Waals surface area (Å²) in [6.45, 7) is 15.8. The number of nitrogens with zero attached hydrogens (tertiary/aromatic N) is 1. The van der Waals surface area contributed by atoms with Crippen LogP contribution < -0.4 is 5.48 Å². The van der Waals surface area contributed by atoms with E-state index in [0.29, 0.717) is 5.92 Å². The number of aromatic nitrogens is 1. The molecule has 0 aliphatic carbocycles. The van der Waals surface area contributed by atoms with Crippen molar-refractivity contribution in [3.05, 3.63) is 15.6 Å². The Kier molecular flexibility index (Phi) is 5.32. The molecule has 3 nitrogen and oxygen atoms in total. The topological polar surface area (TPSA) is 34.2 Å². The van der Waals surface area contributed by atoms with Crippen molar-refractivity contribution in [2.75, 3.05) is 6.61 Å². The van der Waals surface area contributed by atoms with Crippen LogP contribution in [0.3, 0.4) is 0 Å². The summed E-state index contributed by atoms with van der Waals surface area (Å²) >= 11 is 1.78. The Bertz CT molecular complexity index is 380. The van der Waals surface area contributed by atoms with Crippen molar-refractivity contribution < 1.29 is 4.84 Å². The van der Waals surface area contributed by atoms with Gasteiger partial charge in [0.25, 0.3) is 0 Å². The molecule has 1 heterocycles. The lowest BCUT2D eigenvalue weighted by atomic mass is 9.98. The minimum absolute atomic E-state index is 0.117. The molecule has 0 saturated carbocycles. The van der Waals surface area contributed by atoms with E-state index < -0.39 is 0 Å². The molecule has 0 aromatic carbocycles. The van der Waals surface area contributed by atoms with Crippen molar-refractivity contribution in [3.8, 4) is 0 Å². The standard InChI is InChI=1S/C14H26N2OS/c1-9(2)8-17-16-11(4)12-10(3)15-13(18-12)14(5,6)7/h9,11,16H,8H2,1-7H3. The van der Waals surface area contributed by atoms with Crippen LogP contribution in [-0.2, 0) is 10.3 Å². The number of hydrogen-bond donors (Lipinski definition) is 1. The normalized spacial score (nSPS) is 14.2. The Morgan fingerprint density at radius 1 is 1.28 bits per heavy atom. The van der Waals surface area contributed by atoms with Crippen LogP contribution >= 0.6 is 11.3 Å². The summed E-state index contributed by atoms with van der Waals surface area (Å²) in [5.74, 6) is 0.539. The average Bonchev–Trinajstić information content (AvgIpc) is 2.59. The first-order valence-electron chi connectivity index (χ1n) is 6.57. The molecule has 104 valence electrons. The highest BCUT2D eigenvalue weighted by molar-refractivity contribution is 7.12. The molecule has 0 bridgehead atoms. The van der Waals surface area contributed by atoms with E-state index >= 15 is 0 Å². The Morgan fingerprint density at radius 3 is 2.33 bits per heavy atom. The van der Waals surface area contributed by atoms with Gasteiger partial charge in [-0.05, 0) is 19.8 Å². The molecule has 1 N–H and O–H groups in total. The van der Waals surface area contributed by atoms with Crippen molar-refractivity contribution in [2.24, 2.45) is 5.92 Å². The van der Waals surface area contributed by atoms with E-state index in [0.717, 1.165) is 12.3 Å². The van der Waals surface area contributed by atoms with E-state index in [1.54, 1.807) is 11.3 Å². The molecule has 1 aromatic heterocycles. The lowest BCUT2D eigenvalue weighted by Crippen LogP contribution is -2.21. The molecule has 0 amide bonds. The van der Waals surface area contributed by atoms with Crippen LogP contribution in [0.5, 0.6) is 0 Å². The number of nitrogens with one attached hydrogen (secondary N) is 1. The molecule has 0 aliphatic heterocycles. The first-order valence-corrected chi connectivity index (χ1v) is 7.38. The summed E-state index contributed by atoms with van der Waals surface area (Å²) in [6.07, 6.45) is 0. The van der Waals surface area contributed by atoms with Gasteiger partial charge >= 0.3 is 0 Å². The summed E-state index contributed by atoms with van der Waals surface area (Å²) in [7, 11) is 0. The number of hydrogen-bond acceptors (Lipinski definition) is 4. The summed E-state index contributed by atoms with van der Waals surface area (Å²) in [5.41, 5.74) is 4.33. The van der Waals surface area contributed by atoms with Crippen LogP contribution in [0.2, 0.25) is 0 Å². The fourth-order valence-electron chi connectivity index (χ4n) is 1.52. The Balaban J connectivity index is 2.68. The van der Waals surface area contributed by atoms with Crippen molar-refractivity contribution in [3.63, 3.8) is 0 Å². The molecule has 4 heteroatoms. The second-order valence-electron chi connectivity index (χ2n) is 6.26. The third-order valence-electron chi connectivity index (χ3n) is 2.54. The minimum Gasteiger partial charge on any atom is -0.301 e. The van der Waals surface area contributed by atoms with Crippen molar-refractivity contribution in [1.29, 1.82) is 0 Å². The van der Waals surface area contributed by atoms with Crippen molar-refractivity contribution >= 4 is 11.3 Å². The van der Waals surface area contributed by atoms with Crippen molar-refractivity contribution in [2.45, 2.75) is 59.9 Å². The molecular weight excluding hydrogens is 244 g/mol. The van der Waals surface area contributed by atoms with Gasteiger partial charge < -0.3 is 4.84 Å². The van der Waals surface area contributed by atoms with Gasteiger partial charge in [-0.25, -0.2) is 4.98 Å². The highest BCUT2D eigenvalue weighted by atomic mass is 32.1. The molecule has 0 spiro atoms. The maximum atomic E-state index is 5.49. The minimum atomic E-state index is 0.117. The molecule has 0 saturated heterocycles. The van der Waals surface area contributed by atoms with Gasteiger partial charge in [0.15, 0.2) is 0 Å². The second kappa shape index (κ2) is 6.13. The second-order valence-corrected chi connectivity index (χ2v) is 7.29. The van der Waals surface area contributed by atoms with Crippen LogP contribution in [0.15, 0.2) is 0 Å². The van der Waals surface area contributed by atoms with Crippen LogP contribution in [0.1, 0.15) is 63.2 Å². The first kappa shape index (κ1) is 15.6. The molecule has 0 radical (unpaired) electrons. The van der Waals surface area contributed by atoms with Gasteiger partial charge in [-0.15, -0.1) is 11.3 Å². The van der Waals surface area contributed by atoms with Gasteiger partial charge in [-0.1, -0.05) is 34.6 Å². The number of aryl methyl sites for hydroxylation is 1. The number of rotatable bonds is 5. The monoisotopic (exact) mass is 270 g/mol. The molecule has 0 fully saturated rings.